The Morgan fingerprint density at radius 3 is 2.88 bits per heavy atom. The lowest BCUT2D eigenvalue weighted by atomic mass is 9.97. The van der Waals surface area contributed by atoms with Gasteiger partial charge in [0.2, 0.25) is 0 Å². The van der Waals surface area contributed by atoms with E-state index in [4.69, 9.17) is 4.42 Å². The molecule has 1 heterocycles. The Hall–Kier alpha value is -0.770. The van der Waals surface area contributed by atoms with Gasteiger partial charge < -0.3 is 9.73 Å². The molecule has 1 aliphatic carbocycles. The molecule has 94 valence electrons. The number of amides is 1. The molecule has 4 heteroatoms. The maximum Gasteiger partial charge on any atom is 0.255 e. The molecule has 0 radical (unpaired) electrons. The molecule has 2 atom stereocenters. The van der Waals surface area contributed by atoms with Crippen molar-refractivity contribution in [3.05, 3.63) is 22.6 Å². The first kappa shape index (κ1) is 12.7. The molecule has 1 amide bonds. The van der Waals surface area contributed by atoms with Gasteiger partial charge in [0.25, 0.3) is 5.91 Å². The largest absolute Gasteiger partial charge is 0.457 e. The summed E-state index contributed by atoms with van der Waals surface area (Å²) in [6.45, 7) is 2.22. The minimum Gasteiger partial charge on any atom is -0.457 e. The predicted octanol–water partition coefficient (Wildman–Crippen LogP) is 3.74. The molecule has 0 bridgehead atoms. The quantitative estimate of drug-likeness (QED) is 0.845. The van der Waals surface area contributed by atoms with Crippen molar-refractivity contribution in [2.45, 2.75) is 45.1 Å². The van der Waals surface area contributed by atoms with Crippen LogP contribution in [0.3, 0.4) is 0 Å². The van der Waals surface area contributed by atoms with E-state index in [2.05, 4.69) is 28.2 Å². The van der Waals surface area contributed by atoms with Crippen molar-refractivity contribution in [3.63, 3.8) is 0 Å². The van der Waals surface area contributed by atoms with E-state index in [1.807, 2.05) is 0 Å². The molecule has 1 saturated carbocycles. The van der Waals surface area contributed by atoms with Crippen LogP contribution in [0, 0.1) is 5.92 Å². The van der Waals surface area contributed by atoms with Crippen molar-refractivity contribution in [3.8, 4) is 0 Å². The summed E-state index contributed by atoms with van der Waals surface area (Å²) in [6, 6.07) is 1.99. The summed E-state index contributed by atoms with van der Waals surface area (Å²) in [6.07, 6.45) is 7.59. The van der Waals surface area contributed by atoms with Gasteiger partial charge in [0.15, 0.2) is 4.67 Å². The Bertz CT molecular complexity index is 389. The molecule has 2 rings (SSSR count). The van der Waals surface area contributed by atoms with Crippen molar-refractivity contribution < 1.29 is 9.21 Å². The van der Waals surface area contributed by atoms with Crippen LogP contribution in [0.25, 0.3) is 0 Å². The number of nitrogens with one attached hydrogen (secondary N) is 1. The molecule has 1 aromatic rings. The van der Waals surface area contributed by atoms with Crippen LogP contribution in [0.5, 0.6) is 0 Å². The second-order valence-electron chi connectivity index (χ2n) is 4.80. The fraction of sp³-hybridized carbons (Fsp3) is 0.615. The predicted molar refractivity (Wildman–Crippen MR) is 69.9 cm³/mol. The van der Waals surface area contributed by atoms with Crippen LogP contribution in [-0.4, -0.2) is 11.9 Å². The topological polar surface area (TPSA) is 42.2 Å². The van der Waals surface area contributed by atoms with E-state index in [0.717, 1.165) is 6.42 Å². The van der Waals surface area contributed by atoms with Gasteiger partial charge in [-0.25, -0.2) is 0 Å². The third-order valence-corrected chi connectivity index (χ3v) is 4.15. The molecular formula is C13H18BrNO2. The van der Waals surface area contributed by atoms with Crippen LogP contribution >= 0.6 is 15.9 Å². The van der Waals surface area contributed by atoms with Crippen LogP contribution in [0.1, 0.15) is 49.4 Å². The number of rotatable bonds is 2. The van der Waals surface area contributed by atoms with Gasteiger partial charge in [-0.2, -0.15) is 0 Å². The molecule has 0 aromatic carbocycles. The number of carbonyl (C=O) groups is 1. The molecule has 0 aliphatic heterocycles. The van der Waals surface area contributed by atoms with Gasteiger partial charge >= 0.3 is 0 Å². The lowest BCUT2D eigenvalue weighted by molar-refractivity contribution is 0.0920. The maximum atomic E-state index is 12.1. The minimum absolute atomic E-state index is 0.0376. The Balaban J connectivity index is 2.00. The Labute approximate surface area is 110 Å². The zero-order valence-electron chi connectivity index (χ0n) is 10.0. The highest BCUT2D eigenvalue weighted by atomic mass is 79.9. The average molecular weight is 300 g/mol. The summed E-state index contributed by atoms with van der Waals surface area (Å²) in [4.78, 5) is 12.1. The Morgan fingerprint density at radius 2 is 2.18 bits per heavy atom. The smallest absolute Gasteiger partial charge is 0.255 e. The van der Waals surface area contributed by atoms with E-state index in [0.29, 0.717) is 22.2 Å². The van der Waals surface area contributed by atoms with Gasteiger partial charge in [-0.15, -0.1) is 0 Å². The van der Waals surface area contributed by atoms with Gasteiger partial charge in [0.1, 0.15) is 0 Å². The van der Waals surface area contributed by atoms with Gasteiger partial charge in [-0.1, -0.05) is 26.2 Å². The highest BCUT2D eigenvalue weighted by molar-refractivity contribution is 9.10. The van der Waals surface area contributed by atoms with E-state index in [1.165, 1.54) is 31.9 Å². The third-order valence-electron chi connectivity index (χ3n) is 3.54. The molecule has 1 aliphatic rings. The Morgan fingerprint density at radius 1 is 1.41 bits per heavy atom. The average Bonchev–Trinajstić information content (AvgIpc) is 2.63. The summed E-state index contributed by atoms with van der Waals surface area (Å²) >= 11 is 3.23. The lowest BCUT2D eigenvalue weighted by Gasteiger charge is -2.22. The molecule has 3 nitrogen and oxygen atoms in total. The normalized spacial score (nSPS) is 25.3. The van der Waals surface area contributed by atoms with E-state index >= 15 is 0 Å². The van der Waals surface area contributed by atoms with Crippen molar-refractivity contribution in [1.29, 1.82) is 0 Å². The Kier molecular flexibility index (Phi) is 4.26. The van der Waals surface area contributed by atoms with E-state index in [1.54, 1.807) is 6.07 Å². The monoisotopic (exact) mass is 299 g/mol. The van der Waals surface area contributed by atoms with E-state index in [9.17, 15) is 4.79 Å². The first-order chi connectivity index (χ1) is 8.18. The third kappa shape index (κ3) is 3.12. The van der Waals surface area contributed by atoms with Crippen LogP contribution in [0.4, 0.5) is 0 Å². The van der Waals surface area contributed by atoms with Gasteiger partial charge in [-0.05, 0) is 40.8 Å². The first-order valence-electron chi connectivity index (χ1n) is 6.22. The van der Waals surface area contributed by atoms with Crippen LogP contribution in [0.2, 0.25) is 0 Å². The van der Waals surface area contributed by atoms with Gasteiger partial charge in [-0.3, -0.25) is 4.79 Å². The molecule has 1 N–H and O–H groups in total. The summed E-state index contributed by atoms with van der Waals surface area (Å²) in [7, 11) is 0. The number of halogens is 1. The van der Waals surface area contributed by atoms with Crippen molar-refractivity contribution >= 4 is 21.8 Å². The molecule has 2 unspecified atom stereocenters. The SMILES string of the molecule is CC1CCCCCC1NC(=O)c1ccoc1Br. The first-order valence-corrected chi connectivity index (χ1v) is 7.01. The zero-order chi connectivity index (χ0) is 12.3. The maximum absolute atomic E-state index is 12.1. The fourth-order valence-corrected chi connectivity index (χ4v) is 2.83. The standard InChI is InChI=1S/C13H18BrNO2/c1-9-5-3-2-4-6-11(9)15-13(16)10-7-8-17-12(10)14/h7-9,11H,2-6H2,1H3,(H,15,16). The molecular weight excluding hydrogens is 282 g/mol. The van der Waals surface area contributed by atoms with Gasteiger partial charge in [0, 0.05) is 6.04 Å². The highest BCUT2D eigenvalue weighted by Gasteiger charge is 2.23. The summed E-state index contributed by atoms with van der Waals surface area (Å²) in [5.41, 5.74) is 0.585. The van der Waals surface area contributed by atoms with E-state index < -0.39 is 0 Å². The number of hydrogen-bond donors (Lipinski definition) is 1. The number of hydrogen-bond acceptors (Lipinski definition) is 2. The summed E-state index contributed by atoms with van der Waals surface area (Å²) < 4.78 is 5.59. The second kappa shape index (κ2) is 5.71. The number of carbonyl (C=O) groups excluding carboxylic acids is 1. The number of furan rings is 1. The molecule has 17 heavy (non-hydrogen) atoms. The van der Waals surface area contributed by atoms with Crippen LogP contribution in [0.15, 0.2) is 21.4 Å². The van der Waals surface area contributed by atoms with E-state index in [-0.39, 0.29) is 5.91 Å². The molecule has 0 spiro atoms. The van der Waals surface area contributed by atoms with Crippen molar-refractivity contribution in [2.24, 2.45) is 5.92 Å². The highest BCUT2D eigenvalue weighted by Crippen LogP contribution is 2.24. The van der Waals surface area contributed by atoms with Crippen LogP contribution < -0.4 is 5.32 Å². The summed E-state index contributed by atoms with van der Waals surface area (Å²) in [5.74, 6) is 0.525. The second-order valence-corrected chi connectivity index (χ2v) is 5.52. The van der Waals surface area contributed by atoms with Crippen LogP contribution in [-0.2, 0) is 0 Å². The lowest BCUT2D eigenvalue weighted by Crippen LogP contribution is -2.38. The van der Waals surface area contributed by atoms with Crippen molar-refractivity contribution in [2.75, 3.05) is 0 Å². The summed E-state index contributed by atoms with van der Waals surface area (Å²) in [5, 5.41) is 3.12. The van der Waals surface area contributed by atoms with Crippen molar-refractivity contribution in [1.82, 2.24) is 5.32 Å². The van der Waals surface area contributed by atoms with Gasteiger partial charge in [0.05, 0.1) is 11.8 Å². The molecule has 1 aromatic heterocycles. The fourth-order valence-electron chi connectivity index (χ4n) is 2.41. The zero-order valence-corrected chi connectivity index (χ0v) is 11.6. The minimum atomic E-state index is -0.0376. The molecule has 1 fully saturated rings. The molecule has 0 saturated heterocycles.